The van der Waals surface area contributed by atoms with Crippen LogP contribution in [0.1, 0.15) is 5.56 Å². The van der Waals surface area contributed by atoms with Gasteiger partial charge in [0.05, 0.1) is 23.7 Å². The summed E-state index contributed by atoms with van der Waals surface area (Å²) in [5, 5.41) is 19.9. The predicted octanol–water partition coefficient (Wildman–Crippen LogP) is 3.27. The molecule has 0 heterocycles. The summed E-state index contributed by atoms with van der Waals surface area (Å²) in [4.78, 5) is 10.4. The topological polar surface area (TPSA) is 85.4 Å². The van der Waals surface area contributed by atoms with Crippen LogP contribution in [0.5, 0.6) is 17.2 Å². The highest BCUT2D eigenvalue weighted by Crippen LogP contribution is 2.33. The second kappa shape index (κ2) is 5.71. The molecule has 2 rings (SSSR count). The number of nitro benzene ring substituents is 1. The SMILES string of the molecule is COc1ccc(Oc2ccccc2C#N)cc1[N+](=O)[O-]. The average molecular weight is 270 g/mol. The molecule has 0 aliphatic rings. The van der Waals surface area contributed by atoms with E-state index in [1.807, 2.05) is 6.07 Å². The summed E-state index contributed by atoms with van der Waals surface area (Å²) in [6, 6.07) is 12.9. The van der Waals surface area contributed by atoms with E-state index in [9.17, 15) is 10.1 Å². The third-order valence-electron chi connectivity index (χ3n) is 2.58. The number of nitrogens with zero attached hydrogens (tertiary/aromatic N) is 2. The van der Waals surface area contributed by atoms with Crippen molar-refractivity contribution < 1.29 is 14.4 Å². The van der Waals surface area contributed by atoms with Gasteiger partial charge in [-0.2, -0.15) is 5.26 Å². The molecule has 0 bridgehead atoms. The van der Waals surface area contributed by atoms with Gasteiger partial charge in [0.15, 0.2) is 5.75 Å². The Morgan fingerprint density at radius 3 is 2.60 bits per heavy atom. The molecule has 2 aromatic rings. The van der Waals surface area contributed by atoms with E-state index >= 15 is 0 Å². The molecule has 2 aromatic carbocycles. The first-order chi connectivity index (χ1) is 9.65. The quantitative estimate of drug-likeness (QED) is 0.628. The van der Waals surface area contributed by atoms with Crippen LogP contribution in [-0.2, 0) is 0 Å². The van der Waals surface area contributed by atoms with Crippen molar-refractivity contribution >= 4 is 5.69 Å². The minimum absolute atomic E-state index is 0.149. The van der Waals surface area contributed by atoms with E-state index in [0.717, 1.165) is 0 Å². The summed E-state index contributed by atoms with van der Waals surface area (Å²) in [5.74, 6) is 0.755. The molecule has 0 atom stereocenters. The second-order valence-electron chi connectivity index (χ2n) is 3.80. The first kappa shape index (κ1) is 13.4. The number of rotatable bonds is 4. The maximum Gasteiger partial charge on any atom is 0.314 e. The summed E-state index contributed by atoms with van der Waals surface area (Å²) in [6.07, 6.45) is 0. The van der Waals surface area contributed by atoms with Gasteiger partial charge < -0.3 is 9.47 Å². The predicted molar refractivity (Wildman–Crippen MR) is 70.9 cm³/mol. The minimum Gasteiger partial charge on any atom is -0.490 e. The van der Waals surface area contributed by atoms with Gasteiger partial charge in [-0.25, -0.2) is 0 Å². The van der Waals surface area contributed by atoms with Crippen LogP contribution >= 0.6 is 0 Å². The number of hydrogen-bond acceptors (Lipinski definition) is 5. The van der Waals surface area contributed by atoms with Crippen LogP contribution in [0, 0.1) is 21.4 Å². The zero-order valence-electron chi connectivity index (χ0n) is 10.6. The van der Waals surface area contributed by atoms with Crippen molar-refractivity contribution in [1.29, 1.82) is 5.26 Å². The first-order valence-electron chi connectivity index (χ1n) is 5.65. The summed E-state index contributed by atoms with van der Waals surface area (Å²) in [6.45, 7) is 0. The molecule has 0 unspecified atom stereocenters. The van der Waals surface area contributed by atoms with E-state index in [-0.39, 0.29) is 17.2 Å². The molecule has 0 saturated carbocycles. The molecule has 0 amide bonds. The lowest BCUT2D eigenvalue weighted by Crippen LogP contribution is -1.95. The van der Waals surface area contributed by atoms with Crippen molar-refractivity contribution in [2.24, 2.45) is 0 Å². The smallest absolute Gasteiger partial charge is 0.314 e. The minimum atomic E-state index is -0.554. The first-order valence-corrected chi connectivity index (χ1v) is 5.65. The maximum absolute atomic E-state index is 10.9. The van der Waals surface area contributed by atoms with Gasteiger partial charge in [-0.05, 0) is 24.3 Å². The van der Waals surface area contributed by atoms with E-state index in [4.69, 9.17) is 14.7 Å². The molecule has 0 aromatic heterocycles. The highest BCUT2D eigenvalue weighted by molar-refractivity contribution is 5.53. The van der Waals surface area contributed by atoms with E-state index < -0.39 is 4.92 Å². The van der Waals surface area contributed by atoms with E-state index in [0.29, 0.717) is 11.3 Å². The molecule has 0 saturated heterocycles. The van der Waals surface area contributed by atoms with Gasteiger partial charge >= 0.3 is 5.69 Å². The largest absolute Gasteiger partial charge is 0.490 e. The molecule has 0 spiro atoms. The van der Waals surface area contributed by atoms with Gasteiger partial charge in [-0.15, -0.1) is 0 Å². The van der Waals surface area contributed by atoms with Crippen molar-refractivity contribution in [2.45, 2.75) is 0 Å². The van der Waals surface area contributed by atoms with Crippen molar-refractivity contribution in [3.63, 3.8) is 0 Å². The number of benzene rings is 2. The van der Waals surface area contributed by atoms with Crippen LogP contribution in [0.15, 0.2) is 42.5 Å². The van der Waals surface area contributed by atoms with Gasteiger partial charge in [0.2, 0.25) is 0 Å². The monoisotopic (exact) mass is 270 g/mol. The average Bonchev–Trinajstić information content (AvgIpc) is 2.47. The molecule has 0 N–H and O–H groups in total. The van der Waals surface area contributed by atoms with E-state index in [1.54, 1.807) is 30.3 Å². The highest BCUT2D eigenvalue weighted by atomic mass is 16.6. The van der Waals surface area contributed by atoms with Crippen LogP contribution in [0.25, 0.3) is 0 Å². The summed E-state index contributed by atoms with van der Waals surface area (Å²) >= 11 is 0. The number of ether oxygens (including phenoxy) is 2. The molecular weight excluding hydrogens is 260 g/mol. The van der Waals surface area contributed by atoms with E-state index in [2.05, 4.69) is 0 Å². The van der Waals surface area contributed by atoms with Crippen LogP contribution in [0.2, 0.25) is 0 Å². The fourth-order valence-electron chi connectivity index (χ4n) is 1.65. The van der Waals surface area contributed by atoms with Gasteiger partial charge in [-0.3, -0.25) is 10.1 Å². The molecule has 6 heteroatoms. The lowest BCUT2D eigenvalue weighted by Gasteiger charge is -2.08. The third kappa shape index (κ3) is 2.67. The molecule has 0 fully saturated rings. The molecule has 100 valence electrons. The zero-order chi connectivity index (χ0) is 14.5. The zero-order valence-corrected chi connectivity index (χ0v) is 10.6. The summed E-state index contributed by atoms with van der Waals surface area (Å²) in [5.41, 5.74) is 0.158. The summed E-state index contributed by atoms with van der Waals surface area (Å²) < 4.78 is 10.4. The number of nitriles is 1. The fourth-order valence-corrected chi connectivity index (χ4v) is 1.65. The number of nitro groups is 1. The van der Waals surface area contributed by atoms with Crippen molar-refractivity contribution in [3.8, 4) is 23.3 Å². The number of para-hydroxylation sites is 1. The Labute approximate surface area is 114 Å². The Balaban J connectivity index is 2.37. The molecule has 20 heavy (non-hydrogen) atoms. The third-order valence-corrected chi connectivity index (χ3v) is 2.58. The van der Waals surface area contributed by atoms with E-state index in [1.165, 1.54) is 19.2 Å². The summed E-state index contributed by atoms with van der Waals surface area (Å²) in [7, 11) is 1.36. The molecule has 6 nitrogen and oxygen atoms in total. The second-order valence-corrected chi connectivity index (χ2v) is 3.80. The molecular formula is C14H10N2O4. The normalized spacial score (nSPS) is 9.60. The molecule has 0 aliphatic carbocycles. The Hall–Kier alpha value is -3.07. The van der Waals surface area contributed by atoms with Crippen molar-refractivity contribution in [3.05, 3.63) is 58.1 Å². The Bertz CT molecular complexity index is 692. The lowest BCUT2D eigenvalue weighted by molar-refractivity contribution is -0.385. The van der Waals surface area contributed by atoms with Crippen LogP contribution in [0.3, 0.4) is 0 Å². The van der Waals surface area contributed by atoms with Gasteiger partial charge in [0.1, 0.15) is 17.6 Å². The Morgan fingerprint density at radius 2 is 1.95 bits per heavy atom. The fraction of sp³-hybridized carbons (Fsp3) is 0.0714. The van der Waals surface area contributed by atoms with Crippen LogP contribution < -0.4 is 9.47 Å². The molecule has 0 aliphatic heterocycles. The van der Waals surface area contributed by atoms with Crippen LogP contribution in [-0.4, -0.2) is 12.0 Å². The van der Waals surface area contributed by atoms with Crippen LogP contribution in [0.4, 0.5) is 5.69 Å². The number of methoxy groups -OCH3 is 1. The van der Waals surface area contributed by atoms with Crippen molar-refractivity contribution in [2.75, 3.05) is 7.11 Å². The maximum atomic E-state index is 10.9. The number of hydrogen-bond donors (Lipinski definition) is 0. The van der Waals surface area contributed by atoms with Gasteiger partial charge in [0, 0.05) is 0 Å². The lowest BCUT2D eigenvalue weighted by atomic mass is 10.2. The standard InChI is InChI=1S/C14H10N2O4/c1-19-14-7-6-11(8-12(14)16(17)18)20-13-5-3-2-4-10(13)9-15/h2-8H,1H3. The molecule has 0 radical (unpaired) electrons. The highest BCUT2D eigenvalue weighted by Gasteiger charge is 2.16. The Morgan fingerprint density at radius 1 is 1.20 bits per heavy atom. The Kier molecular flexibility index (Phi) is 3.82. The van der Waals surface area contributed by atoms with Gasteiger partial charge in [-0.1, -0.05) is 12.1 Å². The van der Waals surface area contributed by atoms with Gasteiger partial charge in [0.25, 0.3) is 0 Å². The van der Waals surface area contributed by atoms with Crippen molar-refractivity contribution in [1.82, 2.24) is 0 Å².